The Morgan fingerprint density at radius 2 is 2.06 bits per heavy atom. The molecule has 0 fully saturated rings. The van der Waals surface area contributed by atoms with Gasteiger partial charge in [-0.05, 0) is 34.1 Å². The summed E-state index contributed by atoms with van der Waals surface area (Å²) in [6, 6.07) is 0.776. The molecule has 0 amide bonds. The molecule has 0 spiro atoms. The summed E-state index contributed by atoms with van der Waals surface area (Å²) in [5, 5.41) is 13.1. The van der Waals surface area contributed by atoms with Crippen LogP contribution in [0.2, 0.25) is 0 Å². The second-order valence-corrected chi connectivity index (χ2v) is 4.86. The summed E-state index contributed by atoms with van der Waals surface area (Å²) < 4.78 is 1.95. The minimum absolute atomic E-state index is 0.236. The van der Waals surface area contributed by atoms with Gasteiger partial charge in [-0.1, -0.05) is 0 Å². The average Bonchev–Trinajstić information content (AvgIpc) is 2.71. The number of aliphatic hydroxyl groups excluding tert-OH is 1. The molecule has 0 saturated carbocycles. The van der Waals surface area contributed by atoms with E-state index < -0.39 is 0 Å². The number of hydrogen-bond acceptors (Lipinski definition) is 4. The van der Waals surface area contributed by atoms with E-state index in [1.165, 1.54) is 0 Å². The number of aliphatic hydroxyl groups is 1. The lowest BCUT2D eigenvalue weighted by Gasteiger charge is -2.26. The molecule has 0 atom stereocenters. The van der Waals surface area contributed by atoms with Gasteiger partial charge in [-0.3, -0.25) is 4.90 Å². The molecule has 0 aliphatic heterocycles. The van der Waals surface area contributed by atoms with Crippen molar-refractivity contribution in [3.8, 4) is 0 Å². The van der Waals surface area contributed by atoms with Crippen molar-refractivity contribution in [3.63, 3.8) is 0 Å². The molecule has 1 aromatic heterocycles. The van der Waals surface area contributed by atoms with Gasteiger partial charge in [-0.25, -0.2) is 9.67 Å². The normalized spacial score (nSPS) is 12.0. The molecule has 1 rings (SSSR count). The molecule has 1 N–H and O–H groups in total. The minimum atomic E-state index is 0.236. The smallest absolute Gasteiger partial charge is 0.141 e. The summed E-state index contributed by atoms with van der Waals surface area (Å²) in [4.78, 5) is 6.62. The fourth-order valence-electron chi connectivity index (χ4n) is 1.79. The first kappa shape index (κ1) is 14.1. The van der Waals surface area contributed by atoms with Crippen LogP contribution in [0, 0.1) is 0 Å². The molecule has 5 nitrogen and oxygen atoms in total. The molecule has 0 radical (unpaired) electrons. The van der Waals surface area contributed by atoms with Gasteiger partial charge in [0.15, 0.2) is 0 Å². The maximum absolute atomic E-state index is 8.91. The zero-order valence-electron chi connectivity index (χ0n) is 11.3. The highest BCUT2D eigenvalue weighted by Gasteiger charge is 2.14. The van der Waals surface area contributed by atoms with E-state index in [2.05, 4.69) is 42.7 Å². The van der Waals surface area contributed by atoms with Crippen molar-refractivity contribution in [2.75, 3.05) is 13.2 Å². The van der Waals surface area contributed by atoms with Crippen LogP contribution in [0.25, 0.3) is 0 Å². The Morgan fingerprint density at radius 1 is 1.35 bits per heavy atom. The van der Waals surface area contributed by atoms with E-state index in [0.717, 1.165) is 25.3 Å². The van der Waals surface area contributed by atoms with Crippen LogP contribution >= 0.6 is 0 Å². The number of hydrogen-bond donors (Lipinski definition) is 1. The van der Waals surface area contributed by atoms with E-state index in [1.807, 2.05) is 4.68 Å². The molecule has 0 aromatic carbocycles. The lowest BCUT2D eigenvalue weighted by atomic mass is 10.2. The van der Waals surface area contributed by atoms with E-state index in [9.17, 15) is 0 Å². The van der Waals surface area contributed by atoms with E-state index in [-0.39, 0.29) is 6.61 Å². The second-order valence-electron chi connectivity index (χ2n) is 4.86. The Balaban J connectivity index is 2.68. The van der Waals surface area contributed by atoms with Crippen LogP contribution in [0.4, 0.5) is 0 Å². The first-order valence-electron chi connectivity index (χ1n) is 6.29. The van der Waals surface area contributed by atoms with Gasteiger partial charge < -0.3 is 5.11 Å². The average molecular weight is 240 g/mol. The van der Waals surface area contributed by atoms with Crippen LogP contribution in [0.1, 0.15) is 46.0 Å². The minimum Gasteiger partial charge on any atom is -0.396 e. The standard InChI is InChI=1S/C12H24N4O/c1-10(2)15(6-5-7-17)8-12-13-9-14-16(12)11(3)4/h9-11,17H,5-8H2,1-4H3. The van der Waals surface area contributed by atoms with Gasteiger partial charge in [-0.15, -0.1) is 0 Å². The zero-order valence-corrected chi connectivity index (χ0v) is 11.3. The highest BCUT2D eigenvalue weighted by atomic mass is 16.3. The number of nitrogens with zero attached hydrogens (tertiary/aromatic N) is 4. The van der Waals surface area contributed by atoms with Crippen molar-refractivity contribution >= 4 is 0 Å². The van der Waals surface area contributed by atoms with Crippen molar-refractivity contribution in [2.24, 2.45) is 0 Å². The predicted molar refractivity (Wildman–Crippen MR) is 67.7 cm³/mol. The SMILES string of the molecule is CC(C)N(CCCO)Cc1ncnn1C(C)C. The van der Waals surface area contributed by atoms with Crippen LogP contribution < -0.4 is 0 Å². The van der Waals surface area contributed by atoms with Gasteiger partial charge in [0.25, 0.3) is 0 Å². The summed E-state index contributed by atoms with van der Waals surface area (Å²) in [6.45, 7) is 10.4. The second kappa shape index (κ2) is 6.71. The van der Waals surface area contributed by atoms with Crippen LogP contribution in [0.5, 0.6) is 0 Å². The van der Waals surface area contributed by atoms with Crippen LogP contribution in [0.15, 0.2) is 6.33 Å². The molecule has 17 heavy (non-hydrogen) atoms. The highest BCUT2D eigenvalue weighted by molar-refractivity contribution is 4.87. The Labute approximate surface area is 103 Å². The summed E-state index contributed by atoms with van der Waals surface area (Å²) in [6.07, 6.45) is 2.41. The Morgan fingerprint density at radius 3 is 2.59 bits per heavy atom. The van der Waals surface area contributed by atoms with Crippen molar-refractivity contribution in [1.82, 2.24) is 19.7 Å². The lowest BCUT2D eigenvalue weighted by molar-refractivity contribution is 0.177. The fraction of sp³-hybridized carbons (Fsp3) is 0.833. The van der Waals surface area contributed by atoms with Crippen molar-refractivity contribution in [2.45, 2.75) is 52.7 Å². The number of rotatable bonds is 7. The molecule has 5 heteroatoms. The fourth-order valence-corrected chi connectivity index (χ4v) is 1.79. The third-order valence-corrected chi connectivity index (χ3v) is 2.81. The maximum atomic E-state index is 8.91. The summed E-state index contributed by atoms with van der Waals surface area (Å²) >= 11 is 0. The molecule has 0 aliphatic carbocycles. The van der Waals surface area contributed by atoms with Crippen LogP contribution in [-0.4, -0.2) is 44.0 Å². The van der Waals surface area contributed by atoms with Crippen molar-refractivity contribution < 1.29 is 5.11 Å². The Kier molecular flexibility index (Phi) is 5.58. The largest absolute Gasteiger partial charge is 0.396 e. The van der Waals surface area contributed by atoms with Gasteiger partial charge >= 0.3 is 0 Å². The molecular formula is C12H24N4O. The van der Waals surface area contributed by atoms with Gasteiger partial charge in [-0.2, -0.15) is 5.10 Å². The third kappa shape index (κ3) is 4.09. The highest BCUT2D eigenvalue weighted by Crippen LogP contribution is 2.10. The summed E-state index contributed by atoms with van der Waals surface area (Å²) in [5.41, 5.74) is 0. The molecule has 98 valence electrons. The van der Waals surface area contributed by atoms with E-state index >= 15 is 0 Å². The zero-order chi connectivity index (χ0) is 12.8. The van der Waals surface area contributed by atoms with Gasteiger partial charge in [0, 0.05) is 25.2 Å². The molecule has 0 saturated heterocycles. The van der Waals surface area contributed by atoms with Crippen molar-refractivity contribution in [1.29, 1.82) is 0 Å². The first-order valence-corrected chi connectivity index (χ1v) is 6.29. The molecular weight excluding hydrogens is 216 g/mol. The summed E-state index contributed by atoms with van der Waals surface area (Å²) in [7, 11) is 0. The van der Waals surface area contributed by atoms with E-state index in [0.29, 0.717) is 12.1 Å². The van der Waals surface area contributed by atoms with Crippen LogP contribution in [0.3, 0.4) is 0 Å². The Hall–Kier alpha value is -0.940. The van der Waals surface area contributed by atoms with Crippen molar-refractivity contribution in [3.05, 3.63) is 12.2 Å². The van der Waals surface area contributed by atoms with E-state index in [1.54, 1.807) is 6.33 Å². The van der Waals surface area contributed by atoms with Gasteiger partial charge in [0.05, 0.1) is 6.54 Å². The molecule has 1 aromatic rings. The van der Waals surface area contributed by atoms with Crippen LogP contribution in [-0.2, 0) is 6.54 Å². The third-order valence-electron chi connectivity index (χ3n) is 2.81. The molecule has 1 heterocycles. The monoisotopic (exact) mass is 240 g/mol. The quantitative estimate of drug-likeness (QED) is 0.784. The Bertz CT molecular complexity index is 322. The topological polar surface area (TPSA) is 54.2 Å². The maximum Gasteiger partial charge on any atom is 0.141 e. The van der Waals surface area contributed by atoms with Gasteiger partial charge in [0.1, 0.15) is 12.2 Å². The lowest BCUT2D eigenvalue weighted by Crippen LogP contribution is -2.33. The summed E-state index contributed by atoms with van der Waals surface area (Å²) in [5.74, 6) is 0.992. The number of aromatic nitrogens is 3. The first-order chi connectivity index (χ1) is 8.06. The predicted octanol–water partition coefficient (Wildman–Crippen LogP) is 1.45. The van der Waals surface area contributed by atoms with E-state index in [4.69, 9.17) is 5.11 Å². The molecule has 0 aliphatic rings. The molecule has 0 bridgehead atoms. The molecule has 0 unspecified atom stereocenters. The van der Waals surface area contributed by atoms with Gasteiger partial charge in [0.2, 0.25) is 0 Å².